The summed E-state index contributed by atoms with van der Waals surface area (Å²) in [7, 11) is 0. The smallest absolute Gasteiger partial charge is 0.163 e. The Morgan fingerprint density at radius 2 is 2.20 bits per heavy atom. The molecule has 0 spiro atoms. The number of carbonyl (C=O) groups excluding carboxylic acids is 1. The van der Waals surface area contributed by atoms with E-state index in [1.54, 1.807) is 12.1 Å². The Morgan fingerprint density at radius 1 is 1.50 bits per heavy atom. The Kier molecular flexibility index (Phi) is 4.96. The van der Waals surface area contributed by atoms with Crippen LogP contribution in [0.25, 0.3) is 0 Å². The van der Waals surface area contributed by atoms with Gasteiger partial charge >= 0.3 is 0 Å². The first-order valence-corrected chi connectivity index (χ1v) is 7.04. The maximum Gasteiger partial charge on any atom is 0.163 e. The summed E-state index contributed by atoms with van der Waals surface area (Å²) in [5, 5.41) is 13.1. The fourth-order valence-corrected chi connectivity index (χ4v) is 2.47. The van der Waals surface area contributed by atoms with Gasteiger partial charge in [-0.1, -0.05) is 11.6 Å². The summed E-state index contributed by atoms with van der Waals surface area (Å²) in [4.78, 5) is 15.8. The average molecular weight is 299 g/mol. The predicted molar refractivity (Wildman–Crippen MR) is 77.3 cm³/mol. The minimum absolute atomic E-state index is 0.0679. The van der Waals surface area contributed by atoms with Gasteiger partial charge in [0.2, 0.25) is 0 Å². The number of aromatic nitrogens is 1. The highest BCUT2D eigenvalue weighted by molar-refractivity contribution is 6.29. The molecule has 0 radical (unpaired) electrons. The molecule has 2 heterocycles. The van der Waals surface area contributed by atoms with Crippen LogP contribution in [-0.4, -0.2) is 42.2 Å². The third kappa shape index (κ3) is 3.48. The molecule has 1 aromatic rings. The zero-order chi connectivity index (χ0) is 14.6. The van der Waals surface area contributed by atoms with E-state index in [-0.39, 0.29) is 17.8 Å². The highest BCUT2D eigenvalue weighted by Crippen LogP contribution is 2.30. The van der Waals surface area contributed by atoms with E-state index in [1.165, 1.54) is 6.92 Å². The van der Waals surface area contributed by atoms with Crippen molar-refractivity contribution in [2.45, 2.75) is 19.8 Å². The van der Waals surface area contributed by atoms with Gasteiger partial charge in [-0.3, -0.25) is 4.79 Å². The molecule has 0 atom stereocenters. The van der Waals surface area contributed by atoms with Crippen molar-refractivity contribution in [3.63, 3.8) is 0 Å². The molecular formula is C14H19ClN2O3. The van der Waals surface area contributed by atoms with E-state index in [0.717, 1.165) is 12.8 Å². The first-order valence-electron chi connectivity index (χ1n) is 6.66. The Morgan fingerprint density at radius 3 is 2.80 bits per heavy atom. The lowest BCUT2D eigenvalue weighted by Gasteiger charge is -2.35. The van der Waals surface area contributed by atoms with Crippen molar-refractivity contribution in [1.82, 2.24) is 4.98 Å². The number of anilines is 1. The molecule has 110 valence electrons. The molecule has 0 saturated carbocycles. The summed E-state index contributed by atoms with van der Waals surface area (Å²) in [5.41, 5.74) is 0.283. The van der Waals surface area contributed by atoms with Crippen molar-refractivity contribution in [2.24, 2.45) is 5.41 Å². The van der Waals surface area contributed by atoms with Gasteiger partial charge in [-0.15, -0.1) is 0 Å². The molecule has 2 rings (SSSR count). The van der Waals surface area contributed by atoms with Gasteiger partial charge in [0.05, 0.1) is 12.2 Å². The zero-order valence-electron chi connectivity index (χ0n) is 11.5. The first-order chi connectivity index (χ1) is 9.56. The summed E-state index contributed by atoms with van der Waals surface area (Å²) in [6, 6.07) is 3.26. The van der Waals surface area contributed by atoms with Crippen LogP contribution in [0.2, 0.25) is 5.15 Å². The zero-order valence-corrected chi connectivity index (χ0v) is 12.2. The second-order valence-corrected chi connectivity index (χ2v) is 5.60. The van der Waals surface area contributed by atoms with Crippen molar-refractivity contribution >= 4 is 23.2 Å². The Bertz CT molecular complexity index is 487. The van der Waals surface area contributed by atoms with Crippen LogP contribution in [0.5, 0.6) is 0 Å². The van der Waals surface area contributed by atoms with Gasteiger partial charge < -0.3 is 15.2 Å². The molecule has 1 fully saturated rings. The average Bonchev–Trinajstić information content (AvgIpc) is 2.46. The summed E-state index contributed by atoms with van der Waals surface area (Å²) < 4.78 is 5.33. The van der Waals surface area contributed by atoms with Gasteiger partial charge in [0.1, 0.15) is 11.0 Å². The number of nitrogens with one attached hydrogen (secondary N) is 1. The summed E-state index contributed by atoms with van der Waals surface area (Å²) in [5.74, 6) is 0.408. The number of aliphatic hydroxyl groups excluding tert-OH is 1. The number of carbonyl (C=O) groups is 1. The topological polar surface area (TPSA) is 71.5 Å². The fraction of sp³-hybridized carbons (Fsp3) is 0.571. The normalized spacial score (nSPS) is 17.8. The number of halogens is 1. The highest BCUT2D eigenvalue weighted by atomic mass is 35.5. The van der Waals surface area contributed by atoms with Gasteiger partial charge in [0.15, 0.2) is 5.78 Å². The first kappa shape index (κ1) is 15.2. The lowest BCUT2D eigenvalue weighted by Crippen LogP contribution is -2.39. The molecule has 5 nitrogen and oxygen atoms in total. The van der Waals surface area contributed by atoms with Gasteiger partial charge in [-0.25, -0.2) is 4.98 Å². The molecule has 1 aliphatic heterocycles. The second kappa shape index (κ2) is 6.52. The van der Waals surface area contributed by atoms with Crippen LogP contribution >= 0.6 is 11.6 Å². The lowest BCUT2D eigenvalue weighted by molar-refractivity contribution is -0.00862. The van der Waals surface area contributed by atoms with Crippen LogP contribution in [0.15, 0.2) is 12.1 Å². The van der Waals surface area contributed by atoms with Gasteiger partial charge in [-0.2, -0.15) is 0 Å². The van der Waals surface area contributed by atoms with E-state index in [9.17, 15) is 9.90 Å². The fourth-order valence-electron chi connectivity index (χ4n) is 2.32. The second-order valence-electron chi connectivity index (χ2n) is 5.21. The maximum atomic E-state index is 11.6. The van der Waals surface area contributed by atoms with Crippen LogP contribution in [0.4, 0.5) is 5.82 Å². The number of hydrogen-bond acceptors (Lipinski definition) is 5. The quantitative estimate of drug-likeness (QED) is 0.644. The number of ether oxygens (including phenoxy) is 1. The van der Waals surface area contributed by atoms with Crippen LogP contribution in [0, 0.1) is 5.41 Å². The molecule has 6 heteroatoms. The molecular weight excluding hydrogens is 280 g/mol. The van der Waals surface area contributed by atoms with Crippen molar-refractivity contribution in [3.8, 4) is 0 Å². The van der Waals surface area contributed by atoms with E-state index < -0.39 is 0 Å². The van der Waals surface area contributed by atoms with Gasteiger partial charge in [0.25, 0.3) is 0 Å². The number of rotatable bonds is 5. The Balaban J connectivity index is 2.13. The van der Waals surface area contributed by atoms with Crippen LogP contribution in [0.1, 0.15) is 30.1 Å². The largest absolute Gasteiger partial charge is 0.396 e. The minimum atomic E-state index is -0.226. The van der Waals surface area contributed by atoms with Crippen molar-refractivity contribution in [3.05, 3.63) is 22.8 Å². The molecule has 1 saturated heterocycles. The van der Waals surface area contributed by atoms with Crippen molar-refractivity contribution in [2.75, 3.05) is 31.7 Å². The third-order valence-electron chi connectivity index (χ3n) is 3.76. The van der Waals surface area contributed by atoms with Gasteiger partial charge in [0, 0.05) is 25.2 Å². The van der Waals surface area contributed by atoms with Gasteiger partial charge in [-0.05, 0) is 31.9 Å². The van der Waals surface area contributed by atoms with E-state index >= 15 is 0 Å². The highest BCUT2D eigenvalue weighted by Gasteiger charge is 2.32. The Hall–Kier alpha value is -1.17. The molecule has 0 aromatic carbocycles. The number of aliphatic hydroxyl groups is 1. The maximum absolute atomic E-state index is 11.6. The number of pyridine rings is 1. The number of hydrogen-bond donors (Lipinski definition) is 2. The summed E-state index contributed by atoms with van der Waals surface area (Å²) in [6.45, 7) is 3.40. The number of Topliss-reactive ketones (excluding diaryl/α,β-unsaturated/α-hetero) is 1. The molecule has 0 unspecified atom stereocenters. The predicted octanol–water partition coefficient (Wildman–Crippen LogP) is 2.14. The Labute approximate surface area is 123 Å². The molecule has 0 bridgehead atoms. The molecule has 0 aliphatic carbocycles. The molecule has 2 N–H and O–H groups in total. The minimum Gasteiger partial charge on any atom is -0.396 e. The SMILES string of the molecule is CC(=O)c1ccc(Cl)nc1NCC1(CO)CCOCC1. The monoisotopic (exact) mass is 298 g/mol. The van der Waals surface area contributed by atoms with Crippen LogP contribution < -0.4 is 5.32 Å². The lowest BCUT2D eigenvalue weighted by atomic mass is 9.81. The van der Waals surface area contributed by atoms with Crippen molar-refractivity contribution in [1.29, 1.82) is 0 Å². The van der Waals surface area contributed by atoms with Crippen LogP contribution in [0.3, 0.4) is 0 Å². The van der Waals surface area contributed by atoms with Crippen LogP contribution in [-0.2, 0) is 4.74 Å². The van der Waals surface area contributed by atoms with E-state index in [4.69, 9.17) is 16.3 Å². The van der Waals surface area contributed by atoms with Crippen molar-refractivity contribution < 1.29 is 14.6 Å². The molecule has 20 heavy (non-hydrogen) atoms. The molecule has 1 aromatic heterocycles. The van der Waals surface area contributed by atoms with E-state index in [0.29, 0.717) is 36.3 Å². The van der Waals surface area contributed by atoms with E-state index in [1.807, 2.05) is 0 Å². The number of nitrogens with zero attached hydrogens (tertiary/aromatic N) is 1. The number of ketones is 1. The molecule has 0 amide bonds. The van der Waals surface area contributed by atoms with E-state index in [2.05, 4.69) is 10.3 Å². The molecule has 1 aliphatic rings. The third-order valence-corrected chi connectivity index (χ3v) is 3.97. The standard InChI is InChI=1S/C14H19ClN2O3/c1-10(19)11-2-3-12(15)17-13(11)16-8-14(9-18)4-6-20-7-5-14/h2-3,18H,4-9H2,1H3,(H,16,17). The summed E-state index contributed by atoms with van der Waals surface area (Å²) >= 11 is 5.88. The summed E-state index contributed by atoms with van der Waals surface area (Å²) in [6.07, 6.45) is 1.57.